The number of amides is 1. The number of carbonyl (C=O) groups is 1. The highest BCUT2D eigenvalue weighted by atomic mass is 35.5. The van der Waals surface area contributed by atoms with E-state index in [1.807, 2.05) is 42.5 Å². The van der Waals surface area contributed by atoms with Crippen molar-refractivity contribution in [2.24, 2.45) is 0 Å². The summed E-state index contributed by atoms with van der Waals surface area (Å²) in [5.74, 6) is -0.256. The number of hydrogen-bond donors (Lipinski definition) is 0. The van der Waals surface area contributed by atoms with Gasteiger partial charge in [0.1, 0.15) is 10.3 Å². The van der Waals surface area contributed by atoms with Crippen molar-refractivity contribution in [1.82, 2.24) is 9.29 Å². The molecule has 0 saturated carbocycles. The van der Waals surface area contributed by atoms with E-state index in [9.17, 15) is 13.2 Å². The van der Waals surface area contributed by atoms with Crippen molar-refractivity contribution in [3.63, 3.8) is 0 Å². The van der Waals surface area contributed by atoms with Gasteiger partial charge in [-0.3, -0.25) is 9.69 Å². The minimum atomic E-state index is -3.76. The molecule has 0 N–H and O–H groups in total. The molecule has 2 aromatic carbocycles. The zero-order chi connectivity index (χ0) is 23.7. The summed E-state index contributed by atoms with van der Waals surface area (Å²) in [7, 11) is -3.76. The summed E-state index contributed by atoms with van der Waals surface area (Å²) in [6, 6.07) is 17.6. The first-order chi connectivity index (χ1) is 16.4. The highest BCUT2D eigenvalue weighted by molar-refractivity contribution is 7.91. The molecule has 0 bridgehead atoms. The summed E-state index contributed by atoms with van der Waals surface area (Å²) >= 11 is 8.72. The Kier molecular flexibility index (Phi) is 6.72. The van der Waals surface area contributed by atoms with E-state index in [1.54, 1.807) is 28.5 Å². The maximum absolute atomic E-state index is 14.0. The topological polar surface area (TPSA) is 70.6 Å². The summed E-state index contributed by atoms with van der Waals surface area (Å²) in [5, 5.41) is 2.87. The second kappa shape index (κ2) is 9.75. The molecule has 10 heteroatoms. The van der Waals surface area contributed by atoms with Gasteiger partial charge in [0.05, 0.1) is 16.8 Å². The fraction of sp³-hybridized carbons (Fsp3) is 0.250. The Labute approximate surface area is 211 Å². The summed E-state index contributed by atoms with van der Waals surface area (Å²) < 4.78 is 29.3. The molecule has 1 aliphatic heterocycles. The number of halogens is 1. The van der Waals surface area contributed by atoms with Crippen LogP contribution in [0.3, 0.4) is 0 Å². The molecular formula is C24H22ClN3O3S3. The van der Waals surface area contributed by atoms with Gasteiger partial charge >= 0.3 is 0 Å². The number of aromatic nitrogens is 1. The molecule has 1 unspecified atom stereocenters. The first-order valence-corrected chi connectivity index (χ1v) is 14.4. The fourth-order valence-electron chi connectivity index (χ4n) is 4.15. The number of hydrogen-bond acceptors (Lipinski definition) is 6. The van der Waals surface area contributed by atoms with Crippen molar-refractivity contribution < 1.29 is 13.2 Å². The van der Waals surface area contributed by atoms with Gasteiger partial charge in [-0.1, -0.05) is 65.8 Å². The van der Waals surface area contributed by atoms with E-state index in [-0.39, 0.29) is 10.1 Å². The molecular weight excluding hydrogens is 510 g/mol. The third-order valence-electron chi connectivity index (χ3n) is 5.82. The van der Waals surface area contributed by atoms with Crippen molar-refractivity contribution >= 4 is 65.6 Å². The molecule has 0 spiro atoms. The molecule has 1 saturated heterocycles. The van der Waals surface area contributed by atoms with Crippen LogP contribution < -0.4 is 4.90 Å². The molecule has 1 atom stereocenters. The quantitative estimate of drug-likeness (QED) is 0.316. The van der Waals surface area contributed by atoms with E-state index in [2.05, 4.69) is 0 Å². The van der Waals surface area contributed by atoms with Crippen LogP contribution in [0.15, 0.2) is 70.3 Å². The maximum Gasteiger partial charge on any atom is 0.253 e. The van der Waals surface area contributed by atoms with E-state index < -0.39 is 16.1 Å². The smallest absolute Gasteiger partial charge is 0.253 e. The van der Waals surface area contributed by atoms with Gasteiger partial charge in [0.2, 0.25) is 5.91 Å². The highest BCUT2D eigenvalue weighted by Crippen LogP contribution is 2.34. The van der Waals surface area contributed by atoms with Crippen LogP contribution in [0, 0.1) is 0 Å². The molecule has 0 aliphatic carbocycles. The van der Waals surface area contributed by atoms with Gasteiger partial charge in [0.25, 0.3) is 10.0 Å². The van der Waals surface area contributed by atoms with Crippen molar-refractivity contribution in [1.29, 1.82) is 0 Å². The van der Waals surface area contributed by atoms with E-state index in [0.29, 0.717) is 29.7 Å². The Morgan fingerprint density at radius 1 is 1.12 bits per heavy atom. The summed E-state index contributed by atoms with van der Waals surface area (Å²) in [4.78, 5) is 20.4. The van der Waals surface area contributed by atoms with Gasteiger partial charge in [0.15, 0.2) is 5.13 Å². The second-order valence-corrected chi connectivity index (χ2v) is 12.6. The minimum Gasteiger partial charge on any atom is -0.282 e. The van der Waals surface area contributed by atoms with Crippen LogP contribution in [0.4, 0.5) is 5.13 Å². The van der Waals surface area contributed by atoms with Crippen molar-refractivity contribution in [3.05, 3.63) is 76.6 Å². The van der Waals surface area contributed by atoms with Gasteiger partial charge in [0, 0.05) is 11.6 Å². The molecule has 176 valence electrons. The van der Waals surface area contributed by atoms with Gasteiger partial charge in [-0.2, -0.15) is 4.31 Å². The van der Waals surface area contributed by atoms with Crippen LogP contribution in [0.2, 0.25) is 5.02 Å². The van der Waals surface area contributed by atoms with Gasteiger partial charge < -0.3 is 0 Å². The summed E-state index contributed by atoms with van der Waals surface area (Å²) in [6.07, 6.45) is 2.00. The zero-order valence-electron chi connectivity index (χ0n) is 18.1. The lowest BCUT2D eigenvalue weighted by atomic mass is 10.0. The molecule has 34 heavy (non-hydrogen) atoms. The Balaban J connectivity index is 1.54. The largest absolute Gasteiger partial charge is 0.282 e. The van der Waals surface area contributed by atoms with E-state index >= 15 is 0 Å². The number of rotatable bonds is 6. The molecule has 0 radical (unpaired) electrons. The molecule has 2 aromatic heterocycles. The normalized spacial score (nSPS) is 17.1. The standard InChI is InChI=1S/C24H22ClN3O3S3/c25-18-11-12-19-21(15-18)33-24(26-19)27(16-17-7-2-1-3-8-17)23(29)20-9-4-5-13-28(20)34(30,31)22-10-6-14-32-22/h1-3,6-8,10-12,14-15,20H,4-5,9,13,16H2. The van der Waals surface area contributed by atoms with Gasteiger partial charge in [-0.05, 0) is 48.1 Å². The number of thiophene rings is 1. The van der Waals surface area contributed by atoms with E-state index in [0.717, 1.165) is 28.6 Å². The Hall–Kier alpha value is -2.30. The molecule has 3 heterocycles. The van der Waals surface area contributed by atoms with Crippen LogP contribution in [-0.2, 0) is 21.4 Å². The second-order valence-electron chi connectivity index (χ2n) is 8.08. The third kappa shape index (κ3) is 4.63. The molecule has 4 aromatic rings. The van der Waals surface area contributed by atoms with Crippen molar-refractivity contribution in [3.8, 4) is 0 Å². The van der Waals surface area contributed by atoms with Crippen LogP contribution in [-0.4, -0.2) is 36.2 Å². The number of fused-ring (bicyclic) bond motifs is 1. The first kappa shape index (κ1) is 23.4. The number of carbonyl (C=O) groups excluding carboxylic acids is 1. The molecule has 1 aliphatic rings. The molecule has 6 nitrogen and oxygen atoms in total. The average Bonchev–Trinajstić information content (AvgIpc) is 3.53. The Morgan fingerprint density at radius 2 is 1.94 bits per heavy atom. The number of thiazole rings is 1. The van der Waals surface area contributed by atoms with Crippen LogP contribution in [0.25, 0.3) is 10.2 Å². The SMILES string of the molecule is O=C(C1CCCCN1S(=O)(=O)c1cccs1)N(Cc1ccccc1)c1nc2ccc(Cl)cc2s1. The highest BCUT2D eigenvalue weighted by Gasteiger charge is 2.40. The summed E-state index contributed by atoms with van der Waals surface area (Å²) in [6.45, 7) is 0.627. The van der Waals surface area contributed by atoms with Crippen LogP contribution in [0.5, 0.6) is 0 Å². The maximum atomic E-state index is 14.0. The minimum absolute atomic E-state index is 0.256. The molecule has 5 rings (SSSR count). The van der Waals surface area contributed by atoms with Gasteiger partial charge in [-0.15, -0.1) is 11.3 Å². The first-order valence-electron chi connectivity index (χ1n) is 10.9. The fourth-order valence-corrected chi connectivity index (χ4v) is 8.17. The van der Waals surface area contributed by atoms with Crippen molar-refractivity contribution in [2.45, 2.75) is 36.1 Å². The average molecular weight is 532 g/mol. The molecule has 1 amide bonds. The third-order valence-corrected chi connectivity index (χ3v) is 10.4. The van der Waals surface area contributed by atoms with Crippen molar-refractivity contribution in [2.75, 3.05) is 11.4 Å². The van der Waals surface area contributed by atoms with Gasteiger partial charge in [-0.25, -0.2) is 13.4 Å². The monoisotopic (exact) mass is 531 g/mol. The van der Waals surface area contributed by atoms with E-state index in [1.165, 1.54) is 27.0 Å². The predicted molar refractivity (Wildman–Crippen MR) is 138 cm³/mol. The molecule has 1 fully saturated rings. The predicted octanol–water partition coefficient (Wildman–Crippen LogP) is 5.79. The number of nitrogens with zero attached hydrogens (tertiary/aromatic N) is 3. The van der Waals surface area contributed by atoms with E-state index in [4.69, 9.17) is 16.6 Å². The Bertz CT molecular complexity index is 1410. The number of anilines is 1. The number of benzene rings is 2. The number of piperidine rings is 1. The zero-order valence-corrected chi connectivity index (χ0v) is 21.3. The lowest BCUT2D eigenvalue weighted by Crippen LogP contribution is -2.52. The lowest BCUT2D eigenvalue weighted by molar-refractivity contribution is -0.123. The Morgan fingerprint density at radius 3 is 2.71 bits per heavy atom. The lowest BCUT2D eigenvalue weighted by Gasteiger charge is -2.35. The number of sulfonamides is 1. The summed E-state index contributed by atoms with van der Waals surface area (Å²) in [5.41, 5.74) is 1.69. The van der Waals surface area contributed by atoms with Crippen LogP contribution in [0.1, 0.15) is 24.8 Å². The van der Waals surface area contributed by atoms with Crippen LogP contribution >= 0.6 is 34.3 Å².